The first-order valence-corrected chi connectivity index (χ1v) is 32.3. The summed E-state index contributed by atoms with van der Waals surface area (Å²) in [6.07, 6.45) is -15.4. The molecule has 0 saturated carbocycles. The van der Waals surface area contributed by atoms with Gasteiger partial charge in [-0.05, 0) is 86.8 Å². The van der Waals surface area contributed by atoms with Crippen molar-refractivity contribution in [3.8, 4) is 0 Å². The highest BCUT2D eigenvalue weighted by Gasteiger charge is 2.53. The number of sulfonamides is 1. The number of methoxy groups -OCH3 is 2. The number of alkyl carbamates (subject to hydrolysis) is 1. The molecule has 89 heavy (non-hydrogen) atoms. The number of hydrogen-bond donors (Lipinski definition) is 4. The van der Waals surface area contributed by atoms with Gasteiger partial charge in [0, 0.05) is 76.4 Å². The minimum atomic E-state index is -4.55. The fourth-order valence-corrected chi connectivity index (χ4v) is 13.9. The van der Waals surface area contributed by atoms with Crippen LogP contribution >= 0.6 is 0 Å². The number of para-hydroxylation sites is 1. The Hall–Kier alpha value is -4.56. The number of nitro groups is 1. The highest BCUT2D eigenvalue weighted by molar-refractivity contribution is 7.89. The molecule has 1 amide bonds. The first-order chi connectivity index (χ1) is 41.5. The number of esters is 2. The van der Waals surface area contributed by atoms with Gasteiger partial charge in [0.1, 0.15) is 43.7 Å². The molecule has 5 rings (SSSR count). The molecule has 1 aromatic rings. The number of hydrogen-bond acceptors (Lipinski definition) is 24. The minimum absolute atomic E-state index is 0.0529. The summed E-state index contributed by atoms with van der Waals surface area (Å²) in [5.74, 6) is -8.53. The zero-order valence-corrected chi connectivity index (χ0v) is 56.1. The summed E-state index contributed by atoms with van der Waals surface area (Å²) in [7, 11) is 1.61. The second-order valence-corrected chi connectivity index (χ2v) is 28.0. The van der Waals surface area contributed by atoms with E-state index in [9.17, 15) is 38.3 Å². The molecule has 4 fully saturated rings. The van der Waals surface area contributed by atoms with E-state index < -0.39 is 182 Å². The van der Waals surface area contributed by atoms with E-state index in [2.05, 4.69) is 20.1 Å². The maximum Gasteiger partial charge on any atom is 0.408 e. The average molecular weight is 1290 g/mol. The van der Waals surface area contributed by atoms with Gasteiger partial charge in [-0.2, -0.15) is 0 Å². The van der Waals surface area contributed by atoms with Crippen molar-refractivity contribution in [2.45, 2.75) is 238 Å². The highest BCUT2D eigenvalue weighted by atomic mass is 32.2. The summed E-state index contributed by atoms with van der Waals surface area (Å²) < 4.78 is 99.9. The van der Waals surface area contributed by atoms with Crippen molar-refractivity contribution in [2.75, 3.05) is 48.1 Å². The highest BCUT2D eigenvalue weighted by Crippen LogP contribution is 2.41. The van der Waals surface area contributed by atoms with Crippen LogP contribution in [0.25, 0.3) is 0 Å². The predicted octanol–water partition coefficient (Wildman–Crippen LogP) is 5.67. The Balaban J connectivity index is 1.71. The van der Waals surface area contributed by atoms with Crippen LogP contribution in [0.3, 0.4) is 0 Å². The molecule has 4 N–H and O–H groups in total. The van der Waals surface area contributed by atoms with Gasteiger partial charge in [0.15, 0.2) is 35.1 Å². The molecule has 0 radical (unpaired) electrons. The van der Waals surface area contributed by atoms with Gasteiger partial charge in [-0.25, -0.2) is 17.9 Å². The number of benzene rings is 1. The van der Waals surface area contributed by atoms with E-state index in [1.807, 2.05) is 34.7 Å². The molecule has 508 valence electrons. The van der Waals surface area contributed by atoms with E-state index in [1.54, 1.807) is 48.5 Å². The minimum Gasteiger partial charge on any atom is -0.461 e. The number of ketones is 1. The lowest BCUT2D eigenvalue weighted by atomic mass is 9.74. The first-order valence-electron chi connectivity index (χ1n) is 30.8. The van der Waals surface area contributed by atoms with E-state index in [0.717, 1.165) is 12.1 Å². The quantitative estimate of drug-likeness (QED) is 0.0498. The molecule has 0 aliphatic carbocycles. The number of oxime groups is 1. The molecule has 1 unspecified atom stereocenters. The second kappa shape index (κ2) is 32.3. The molecule has 28 heteroatoms. The van der Waals surface area contributed by atoms with Gasteiger partial charge in [-0.15, -0.1) is 0 Å². The topological polar surface area (TPSA) is 336 Å². The number of amides is 1. The number of cyclic esters (lactones) is 1. The van der Waals surface area contributed by atoms with Crippen molar-refractivity contribution in [3.05, 3.63) is 34.4 Å². The number of nitrogens with one attached hydrogen (secondary N) is 2. The summed E-state index contributed by atoms with van der Waals surface area (Å²) in [6, 6.07) is 4.72. The Morgan fingerprint density at radius 1 is 0.876 bits per heavy atom. The number of carbonyl (C=O) groups excluding carboxylic acids is 4. The Bertz CT molecular complexity index is 2670. The average Bonchev–Trinajstić information content (AvgIpc) is 1.49. The molecule has 27 nitrogen and oxygen atoms in total. The molecule has 0 bridgehead atoms. The predicted molar refractivity (Wildman–Crippen MR) is 322 cm³/mol. The Labute approximate surface area is 524 Å². The van der Waals surface area contributed by atoms with E-state index in [-0.39, 0.29) is 49.6 Å². The summed E-state index contributed by atoms with van der Waals surface area (Å²) in [5, 5.41) is 41.5. The van der Waals surface area contributed by atoms with Gasteiger partial charge in [0.05, 0.1) is 65.1 Å². The third kappa shape index (κ3) is 19.5. The van der Waals surface area contributed by atoms with E-state index in [4.69, 9.17) is 56.9 Å². The third-order valence-corrected chi connectivity index (χ3v) is 18.9. The van der Waals surface area contributed by atoms with Crippen molar-refractivity contribution in [2.24, 2.45) is 46.6 Å². The first kappa shape index (κ1) is 75.2. The molecule has 0 spiro atoms. The van der Waals surface area contributed by atoms with Crippen LogP contribution in [-0.4, -0.2) is 209 Å². The molecule has 4 aliphatic heterocycles. The second-order valence-electron chi connectivity index (χ2n) is 26.2. The molecule has 0 aromatic heterocycles. The van der Waals surface area contributed by atoms with Crippen molar-refractivity contribution in [3.63, 3.8) is 0 Å². The van der Waals surface area contributed by atoms with E-state index >= 15 is 9.59 Å². The van der Waals surface area contributed by atoms with E-state index in [1.165, 1.54) is 61.2 Å². The molecular formula is C61H101N5O22S. The lowest BCUT2D eigenvalue weighted by Crippen LogP contribution is -2.59. The normalized spacial score (nSPS) is 36.7. The van der Waals surface area contributed by atoms with Gasteiger partial charge in [0.2, 0.25) is 10.0 Å². The van der Waals surface area contributed by atoms with Crippen LogP contribution in [-0.2, 0) is 81.3 Å². The number of nitrogens with zero attached hydrogens (tertiary/aromatic N) is 3. The summed E-state index contributed by atoms with van der Waals surface area (Å²) in [5.41, 5.74) is -4.16. The fourth-order valence-electron chi connectivity index (χ4n) is 12.5. The number of likely N-dealkylation sites (N-methyl/N-ethyl adjacent to an activating group) is 1. The van der Waals surface area contributed by atoms with Gasteiger partial charge in [-0.1, -0.05) is 65.8 Å². The summed E-state index contributed by atoms with van der Waals surface area (Å²) >= 11 is 0. The molecular weight excluding hydrogens is 1190 g/mol. The molecule has 1 aromatic carbocycles. The fraction of sp³-hybridized carbons (Fsp3) is 0.820. The van der Waals surface area contributed by atoms with Crippen LogP contribution in [0.15, 0.2) is 34.3 Å². The number of aliphatic hydroxyl groups is 2. The molecule has 4 aliphatic rings. The van der Waals surface area contributed by atoms with Gasteiger partial charge in [0.25, 0.3) is 5.69 Å². The van der Waals surface area contributed by atoms with Gasteiger partial charge >= 0.3 is 18.0 Å². The lowest BCUT2D eigenvalue weighted by Gasteiger charge is -2.45. The van der Waals surface area contributed by atoms with Gasteiger partial charge in [-0.3, -0.25) is 24.5 Å². The van der Waals surface area contributed by atoms with Crippen molar-refractivity contribution in [1.82, 2.24) is 14.9 Å². The Morgan fingerprint density at radius 2 is 1.53 bits per heavy atom. The monoisotopic (exact) mass is 1290 g/mol. The molecule has 4 heterocycles. The summed E-state index contributed by atoms with van der Waals surface area (Å²) in [6.45, 7) is 25.3. The maximum absolute atomic E-state index is 16.1. The number of Topliss-reactive ketones (excluding diaryl/α,β-unsaturated/α-hetero) is 1. The van der Waals surface area contributed by atoms with Crippen LogP contribution in [0, 0.1) is 51.5 Å². The van der Waals surface area contributed by atoms with Crippen LogP contribution in [0.4, 0.5) is 10.5 Å². The Morgan fingerprint density at radius 3 is 2.15 bits per heavy atom. The SMILES string of the molecule is CON=C1C[C@@H](C)O[C@@H](O[C@@H]2[C@@H](C)[C@H](O[C@H]3C[C@@H](C)N(C)C[C@H](C)O3)[C@@H](C)C(=O)O[C@H](C(C)CO[C@@H]3O[C@H](C)[C@@H](O)[C@@H](OC)[C@H]3OC)[C@H](C)[C@@H](OC(=O)CC(C)C)[C@@H](C)C(=O)[C@@](C)(OC(=O)NC(C)(C)CNS(=O)(=O)c3ccccc3[N+](=O)[O-])C[C@@H]2C)[C@@H]1O. The zero-order valence-electron chi connectivity index (χ0n) is 55.3. The Kier molecular flexibility index (Phi) is 27.3. The van der Waals surface area contributed by atoms with Gasteiger partial charge < -0.3 is 77.4 Å². The number of rotatable bonds is 21. The standard InChI is InChI=1S/C61H101N5O22S/c1-31(2)24-45(67)84-51-38(9)50(33(4)29-80-58-54(78-18)53(77-17)47(68)41(12)83-58)86-56(71)40(11)52(85-46-25-34(5)65(16)28-36(7)81-46)37(8)49(87-57-48(69)42(64-79-19)26-35(6)82-57)32(3)27-61(15,55(70)39(51)10)88-59(72)63-60(13,14)30-62-89(75,76)44-23-21-20-22-43(44)66(73)74/h20-23,31-41,46-54,57-58,62,68-69H,24-30H2,1-19H3,(H,63,72)/t32-,33?,34+,35+,36-,37+,38-,39+,40+,41+,46-,47+,48+,49-,50+,51+,52-,53+,54+,57-,58+,61-/m0/s1. The number of aliphatic hydroxyl groups excluding tert-OH is 2. The largest absolute Gasteiger partial charge is 0.461 e. The lowest BCUT2D eigenvalue weighted by molar-refractivity contribution is -0.387. The van der Waals surface area contributed by atoms with Crippen LogP contribution < -0.4 is 10.0 Å². The van der Waals surface area contributed by atoms with Crippen LogP contribution in [0.1, 0.15) is 130 Å². The van der Waals surface area contributed by atoms with Crippen molar-refractivity contribution < 1.29 is 99.7 Å². The molecule has 4 saturated heterocycles. The zero-order chi connectivity index (χ0) is 66.8. The maximum atomic E-state index is 16.1. The van der Waals surface area contributed by atoms with E-state index in [0.29, 0.717) is 13.0 Å². The van der Waals surface area contributed by atoms with Crippen LogP contribution in [0.2, 0.25) is 0 Å². The number of ether oxygens (including phenoxy) is 11. The number of carbonyl (C=O) groups is 4. The number of nitro benzene ring substituents is 1. The molecule has 22 atom stereocenters. The van der Waals surface area contributed by atoms with Crippen LogP contribution in [0.5, 0.6) is 0 Å². The van der Waals surface area contributed by atoms with Crippen molar-refractivity contribution >= 4 is 45.2 Å². The van der Waals surface area contributed by atoms with Crippen molar-refractivity contribution in [1.29, 1.82) is 0 Å². The smallest absolute Gasteiger partial charge is 0.408 e. The summed E-state index contributed by atoms with van der Waals surface area (Å²) in [4.78, 5) is 78.1. The third-order valence-electron chi connectivity index (χ3n) is 17.4.